The van der Waals surface area contributed by atoms with Crippen molar-refractivity contribution in [3.05, 3.63) is 72.6 Å². The third-order valence-corrected chi connectivity index (χ3v) is 3.92. The number of rotatable bonds is 7. The normalized spacial score (nSPS) is 10.1. The van der Waals surface area contributed by atoms with Gasteiger partial charge in [-0.05, 0) is 48.5 Å². The molecule has 0 aliphatic rings. The predicted octanol–water partition coefficient (Wildman–Crippen LogP) is 2.94. The second kappa shape index (κ2) is 9.32. The van der Waals surface area contributed by atoms with Crippen molar-refractivity contribution in [2.75, 3.05) is 31.3 Å². The Kier molecular flexibility index (Phi) is 6.36. The number of benzene rings is 2. The minimum atomic E-state index is -0.251. The number of nitrogens with zero attached hydrogens (tertiary/aromatic N) is 3. The van der Waals surface area contributed by atoms with E-state index in [1.165, 1.54) is 4.90 Å². The van der Waals surface area contributed by atoms with Crippen molar-refractivity contribution < 1.29 is 14.3 Å². The molecule has 2 amide bonds. The van der Waals surface area contributed by atoms with Crippen LogP contribution < -0.4 is 15.4 Å². The summed E-state index contributed by atoms with van der Waals surface area (Å²) >= 11 is 0. The number of aromatic nitrogens is 2. The van der Waals surface area contributed by atoms with E-state index in [0.717, 1.165) is 0 Å². The van der Waals surface area contributed by atoms with Crippen molar-refractivity contribution in [1.82, 2.24) is 14.9 Å². The molecule has 1 heterocycles. The van der Waals surface area contributed by atoms with Gasteiger partial charge in [-0.2, -0.15) is 0 Å². The summed E-state index contributed by atoms with van der Waals surface area (Å²) in [4.78, 5) is 33.8. The molecule has 3 rings (SSSR count). The smallest absolute Gasteiger partial charge is 0.259 e. The highest BCUT2D eigenvalue weighted by Gasteiger charge is 2.09. The summed E-state index contributed by atoms with van der Waals surface area (Å²) in [6, 6.07) is 15.6. The molecular formula is C21H21N5O3. The van der Waals surface area contributed by atoms with Crippen LogP contribution in [0, 0.1) is 0 Å². The van der Waals surface area contributed by atoms with Gasteiger partial charge in [-0.15, -0.1) is 0 Å². The van der Waals surface area contributed by atoms with Crippen molar-refractivity contribution in [2.45, 2.75) is 0 Å². The van der Waals surface area contributed by atoms with E-state index >= 15 is 0 Å². The van der Waals surface area contributed by atoms with Crippen molar-refractivity contribution in [3.8, 4) is 5.75 Å². The van der Waals surface area contributed by atoms with Gasteiger partial charge in [0.25, 0.3) is 11.8 Å². The number of carbonyl (C=O) groups excluding carboxylic acids is 2. The van der Waals surface area contributed by atoms with Gasteiger partial charge in [-0.25, -0.2) is 9.97 Å². The summed E-state index contributed by atoms with van der Waals surface area (Å²) < 4.78 is 5.42. The van der Waals surface area contributed by atoms with Crippen molar-refractivity contribution in [1.29, 1.82) is 0 Å². The van der Waals surface area contributed by atoms with E-state index in [-0.39, 0.29) is 18.4 Å². The number of anilines is 3. The topological polar surface area (TPSA) is 96.5 Å². The Bertz CT molecular complexity index is 975. The summed E-state index contributed by atoms with van der Waals surface area (Å²) in [6.07, 6.45) is 3.27. The van der Waals surface area contributed by atoms with E-state index in [1.807, 2.05) is 6.07 Å². The predicted molar refractivity (Wildman–Crippen MR) is 110 cm³/mol. The molecule has 0 aliphatic carbocycles. The molecule has 0 unspecified atom stereocenters. The van der Waals surface area contributed by atoms with Crippen LogP contribution in [0.1, 0.15) is 10.4 Å². The van der Waals surface area contributed by atoms with Crippen LogP contribution in [0.2, 0.25) is 0 Å². The lowest BCUT2D eigenvalue weighted by molar-refractivity contribution is -0.130. The summed E-state index contributed by atoms with van der Waals surface area (Å²) in [7, 11) is 3.34. The first kappa shape index (κ1) is 19.8. The molecule has 8 nitrogen and oxygen atoms in total. The van der Waals surface area contributed by atoms with Gasteiger partial charge in [0, 0.05) is 43.4 Å². The molecule has 148 valence electrons. The fraction of sp³-hybridized carbons (Fsp3) is 0.143. The van der Waals surface area contributed by atoms with E-state index in [4.69, 9.17) is 4.74 Å². The number of nitrogens with one attached hydrogen (secondary N) is 2. The van der Waals surface area contributed by atoms with Crippen LogP contribution in [-0.2, 0) is 4.79 Å². The molecule has 0 saturated heterocycles. The summed E-state index contributed by atoms with van der Waals surface area (Å²) in [5, 5.41) is 5.88. The Morgan fingerprint density at radius 1 is 0.966 bits per heavy atom. The lowest BCUT2D eigenvalue weighted by Crippen LogP contribution is -2.27. The van der Waals surface area contributed by atoms with Crippen LogP contribution in [-0.4, -0.2) is 47.4 Å². The Balaban J connectivity index is 1.60. The van der Waals surface area contributed by atoms with Crippen LogP contribution >= 0.6 is 0 Å². The molecule has 0 atom stereocenters. The fourth-order valence-corrected chi connectivity index (χ4v) is 2.34. The third-order valence-electron chi connectivity index (χ3n) is 3.92. The molecule has 2 N–H and O–H groups in total. The molecule has 3 aromatic rings. The van der Waals surface area contributed by atoms with Crippen LogP contribution in [0.3, 0.4) is 0 Å². The van der Waals surface area contributed by atoms with Crippen molar-refractivity contribution in [2.24, 2.45) is 0 Å². The average Bonchev–Trinajstić information content (AvgIpc) is 2.74. The van der Waals surface area contributed by atoms with Gasteiger partial charge in [-0.1, -0.05) is 6.07 Å². The first-order valence-electron chi connectivity index (χ1n) is 8.90. The third kappa shape index (κ3) is 5.77. The zero-order valence-electron chi connectivity index (χ0n) is 16.1. The van der Waals surface area contributed by atoms with E-state index in [1.54, 1.807) is 75.0 Å². The van der Waals surface area contributed by atoms with Crippen LogP contribution in [0.5, 0.6) is 5.75 Å². The highest BCUT2D eigenvalue weighted by Crippen LogP contribution is 2.18. The number of amides is 2. The number of hydrogen-bond acceptors (Lipinski definition) is 6. The summed E-state index contributed by atoms with van der Waals surface area (Å²) in [5.41, 5.74) is 1.81. The zero-order valence-corrected chi connectivity index (χ0v) is 16.1. The van der Waals surface area contributed by atoms with Gasteiger partial charge in [-0.3, -0.25) is 9.59 Å². The second-order valence-corrected chi connectivity index (χ2v) is 6.33. The number of hydrogen-bond donors (Lipinski definition) is 2. The molecule has 0 radical (unpaired) electrons. The number of ether oxygens (including phenoxy) is 1. The molecule has 0 spiro atoms. The highest BCUT2D eigenvalue weighted by molar-refractivity contribution is 6.04. The molecular weight excluding hydrogens is 370 g/mol. The average molecular weight is 391 g/mol. The van der Waals surface area contributed by atoms with Crippen LogP contribution in [0.15, 0.2) is 67.0 Å². The number of carbonyl (C=O) groups is 2. The Labute approximate surface area is 168 Å². The molecule has 0 bridgehead atoms. The van der Waals surface area contributed by atoms with Gasteiger partial charge < -0.3 is 20.3 Å². The minimum absolute atomic E-state index is 0.0381. The minimum Gasteiger partial charge on any atom is -0.484 e. The van der Waals surface area contributed by atoms with Gasteiger partial charge >= 0.3 is 0 Å². The van der Waals surface area contributed by atoms with Crippen LogP contribution in [0.4, 0.5) is 17.3 Å². The molecule has 2 aromatic carbocycles. The molecule has 0 aliphatic heterocycles. The summed E-state index contributed by atoms with van der Waals surface area (Å²) in [6.45, 7) is -0.0381. The molecule has 29 heavy (non-hydrogen) atoms. The van der Waals surface area contributed by atoms with Crippen LogP contribution in [0.25, 0.3) is 0 Å². The Morgan fingerprint density at radius 3 is 2.38 bits per heavy atom. The maximum absolute atomic E-state index is 12.5. The van der Waals surface area contributed by atoms with Gasteiger partial charge in [0.1, 0.15) is 5.75 Å². The molecule has 0 saturated carbocycles. The second-order valence-electron chi connectivity index (χ2n) is 6.33. The first-order valence-corrected chi connectivity index (χ1v) is 8.90. The van der Waals surface area contributed by atoms with E-state index < -0.39 is 0 Å². The van der Waals surface area contributed by atoms with Crippen molar-refractivity contribution in [3.63, 3.8) is 0 Å². The Morgan fingerprint density at radius 2 is 1.69 bits per heavy atom. The fourth-order valence-electron chi connectivity index (χ4n) is 2.34. The molecule has 0 fully saturated rings. The monoisotopic (exact) mass is 391 g/mol. The summed E-state index contributed by atoms with van der Waals surface area (Å²) in [5.74, 6) is 0.622. The molecule has 8 heteroatoms. The Hall–Kier alpha value is -3.94. The van der Waals surface area contributed by atoms with E-state index in [2.05, 4.69) is 20.6 Å². The lowest BCUT2D eigenvalue weighted by Gasteiger charge is -2.12. The number of likely N-dealkylation sites (N-methyl/N-ethyl adjacent to an activating group) is 1. The SMILES string of the molecule is CN(C)C(=O)COc1ccc(NC(=O)c2cccc(Nc3ncccn3)c2)cc1. The zero-order chi connectivity index (χ0) is 20.6. The van der Waals surface area contributed by atoms with Gasteiger partial charge in [0.2, 0.25) is 5.95 Å². The quantitative estimate of drug-likeness (QED) is 0.643. The van der Waals surface area contributed by atoms with E-state index in [0.29, 0.717) is 28.6 Å². The maximum Gasteiger partial charge on any atom is 0.259 e. The first-order chi connectivity index (χ1) is 14.0. The van der Waals surface area contributed by atoms with Crippen molar-refractivity contribution >= 4 is 29.1 Å². The van der Waals surface area contributed by atoms with E-state index in [9.17, 15) is 9.59 Å². The lowest BCUT2D eigenvalue weighted by atomic mass is 10.2. The maximum atomic E-state index is 12.5. The molecule has 1 aromatic heterocycles. The standard InChI is InChI=1S/C21H21N5O3/c1-26(2)19(27)14-29-18-9-7-16(8-10-18)24-20(28)15-5-3-6-17(13-15)25-21-22-11-4-12-23-21/h3-13H,14H2,1-2H3,(H,24,28)(H,22,23,25). The highest BCUT2D eigenvalue weighted by atomic mass is 16.5. The van der Waals surface area contributed by atoms with Gasteiger partial charge in [0.15, 0.2) is 6.61 Å². The van der Waals surface area contributed by atoms with Gasteiger partial charge in [0.05, 0.1) is 0 Å². The largest absolute Gasteiger partial charge is 0.484 e.